The van der Waals surface area contributed by atoms with E-state index in [4.69, 9.17) is 9.72 Å². The number of benzene rings is 1. The standard InChI is InChI=1S/C17H22N2O/c1-4-16-12(2)9-14-11-15(10-13(3)17(14)18-16)19-5-7-20-8-6-19/h9-11H,4-8H2,1-3H3. The molecule has 1 fully saturated rings. The maximum atomic E-state index is 5.43. The van der Waals surface area contributed by atoms with E-state index in [0.717, 1.165) is 38.2 Å². The third-order valence-electron chi connectivity index (χ3n) is 4.10. The summed E-state index contributed by atoms with van der Waals surface area (Å²) in [6.45, 7) is 10.1. The molecule has 0 aliphatic carbocycles. The molecule has 0 atom stereocenters. The van der Waals surface area contributed by atoms with Gasteiger partial charge in [0.25, 0.3) is 0 Å². The minimum absolute atomic E-state index is 0.823. The predicted molar refractivity (Wildman–Crippen MR) is 83.6 cm³/mol. The SMILES string of the molecule is CCc1nc2c(C)cc(N3CCOCC3)cc2cc1C. The molecule has 1 aliphatic heterocycles. The fraction of sp³-hybridized carbons (Fsp3) is 0.471. The molecule has 2 heterocycles. The third-order valence-corrected chi connectivity index (χ3v) is 4.10. The largest absolute Gasteiger partial charge is 0.378 e. The Bertz CT molecular complexity index is 630. The van der Waals surface area contributed by atoms with Crippen LogP contribution >= 0.6 is 0 Å². The van der Waals surface area contributed by atoms with Gasteiger partial charge in [-0.05, 0) is 49.6 Å². The molecule has 0 amide bonds. The summed E-state index contributed by atoms with van der Waals surface area (Å²) < 4.78 is 5.43. The fourth-order valence-electron chi connectivity index (χ4n) is 2.95. The number of morpholine rings is 1. The number of hydrogen-bond donors (Lipinski definition) is 0. The summed E-state index contributed by atoms with van der Waals surface area (Å²) in [6, 6.07) is 6.81. The zero-order chi connectivity index (χ0) is 14.1. The first kappa shape index (κ1) is 13.4. The molecule has 0 radical (unpaired) electrons. The Balaban J connectivity index is 2.08. The third kappa shape index (κ3) is 2.38. The zero-order valence-electron chi connectivity index (χ0n) is 12.6. The van der Waals surface area contributed by atoms with Crippen molar-refractivity contribution in [1.29, 1.82) is 0 Å². The molecule has 0 saturated carbocycles. The molecule has 106 valence electrons. The number of pyridine rings is 1. The van der Waals surface area contributed by atoms with Crippen LogP contribution in [-0.4, -0.2) is 31.3 Å². The van der Waals surface area contributed by atoms with Crippen LogP contribution in [0.3, 0.4) is 0 Å². The molecule has 20 heavy (non-hydrogen) atoms. The van der Waals surface area contributed by atoms with Crippen molar-refractivity contribution in [2.45, 2.75) is 27.2 Å². The highest BCUT2D eigenvalue weighted by Crippen LogP contribution is 2.27. The number of hydrogen-bond acceptors (Lipinski definition) is 3. The first-order valence-electron chi connectivity index (χ1n) is 7.42. The fourth-order valence-corrected chi connectivity index (χ4v) is 2.95. The van der Waals surface area contributed by atoms with E-state index in [1.54, 1.807) is 0 Å². The van der Waals surface area contributed by atoms with E-state index in [-0.39, 0.29) is 0 Å². The van der Waals surface area contributed by atoms with Crippen LogP contribution < -0.4 is 4.90 Å². The molecular formula is C17H22N2O. The summed E-state index contributed by atoms with van der Waals surface area (Å²) >= 11 is 0. The smallest absolute Gasteiger partial charge is 0.0736 e. The topological polar surface area (TPSA) is 25.4 Å². The summed E-state index contributed by atoms with van der Waals surface area (Å²) in [4.78, 5) is 7.24. The average Bonchev–Trinajstić information content (AvgIpc) is 2.47. The average molecular weight is 270 g/mol. The van der Waals surface area contributed by atoms with Crippen molar-refractivity contribution >= 4 is 16.6 Å². The van der Waals surface area contributed by atoms with E-state index in [1.165, 1.54) is 27.9 Å². The molecular weight excluding hydrogens is 248 g/mol. The minimum atomic E-state index is 0.823. The highest BCUT2D eigenvalue weighted by Gasteiger charge is 2.13. The molecule has 0 unspecified atom stereocenters. The Hall–Kier alpha value is -1.61. The van der Waals surface area contributed by atoms with Gasteiger partial charge >= 0.3 is 0 Å². The lowest BCUT2D eigenvalue weighted by atomic mass is 10.0. The number of aromatic nitrogens is 1. The molecule has 3 nitrogen and oxygen atoms in total. The van der Waals surface area contributed by atoms with Gasteiger partial charge in [0.2, 0.25) is 0 Å². The Kier molecular flexibility index (Phi) is 3.62. The molecule has 2 aromatic rings. The van der Waals surface area contributed by atoms with Crippen molar-refractivity contribution in [2.75, 3.05) is 31.2 Å². The number of nitrogens with zero attached hydrogens (tertiary/aromatic N) is 2. The molecule has 0 bridgehead atoms. The summed E-state index contributed by atoms with van der Waals surface area (Å²) in [7, 11) is 0. The lowest BCUT2D eigenvalue weighted by molar-refractivity contribution is 0.122. The molecule has 3 rings (SSSR count). The van der Waals surface area contributed by atoms with E-state index in [2.05, 4.69) is 43.9 Å². The van der Waals surface area contributed by atoms with Crippen LogP contribution in [0.4, 0.5) is 5.69 Å². The highest BCUT2D eigenvalue weighted by molar-refractivity contribution is 5.86. The van der Waals surface area contributed by atoms with Crippen LogP contribution in [-0.2, 0) is 11.2 Å². The summed E-state index contributed by atoms with van der Waals surface area (Å²) in [5, 5.41) is 1.25. The number of fused-ring (bicyclic) bond motifs is 1. The van der Waals surface area contributed by atoms with Gasteiger partial charge in [-0.15, -0.1) is 0 Å². The number of ether oxygens (including phenoxy) is 1. The molecule has 1 aromatic heterocycles. The van der Waals surface area contributed by atoms with E-state index >= 15 is 0 Å². The monoisotopic (exact) mass is 270 g/mol. The normalized spacial score (nSPS) is 15.8. The van der Waals surface area contributed by atoms with E-state index in [0.29, 0.717) is 0 Å². The molecule has 1 aliphatic rings. The van der Waals surface area contributed by atoms with Gasteiger partial charge in [-0.1, -0.05) is 6.92 Å². The lowest BCUT2D eigenvalue weighted by Crippen LogP contribution is -2.36. The second-order valence-corrected chi connectivity index (χ2v) is 5.54. The van der Waals surface area contributed by atoms with Gasteiger partial charge in [-0.2, -0.15) is 0 Å². The second-order valence-electron chi connectivity index (χ2n) is 5.54. The molecule has 1 aromatic carbocycles. The summed E-state index contributed by atoms with van der Waals surface area (Å²) in [5.41, 5.74) is 6.20. The quantitative estimate of drug-likeness (QED) is 0.837. The van der Waals surface area contributed by atoms with Crippen LogP contribution in [0.25, 0.3) is 10.9 Å². The summed E-state index contributed by atoms with van der Waals surface area (Å²) in [6.07, 6.45) is 0.992. The van der Waals surface area contributed by atoms with E-state index in [1.807, 2.05) is 0 Å². The predicted octanol–water partition coefficient (Wildman–Crippen LogP) is 3.25. The Morgan fingerprint density at radius 2 is 1.85 bits per heavy atom. The van der Waals surface area contributed by atoms with Gasteiger partial charge in [-0.3, -0.25) is 4.98 Å². The van der Waals surface area contributed by atoms with Crippen LogP contribution in [0.2, 0.25) is 0 Å². The molecule has 0 N–H and O–H groups in total. The molecule has 0 spiro atoms. The molecule has 1 saturated heterocycles. The van der Waals surface area contributed by atoms with Gasteiger partial charge in [0.05, 0.1) is 18.7 Å². The Morgan fingerprint density at radius 3 is 2.55 bits per heavy atom. The van der Waals surface area contributed by atoms with Gasteiger partial charge in [0.15, 0.2) is 0 Å². The lowest BCUT2D eigenvalue weighted by Gasteiger charge is -2.29. The second kappa shape index (κ2) is 5.41. The first-order chi connectivity index (χ1) is 9.69. The Labute approximate surface area is 120 Å². The maximum Gasteiger partial charge on any atom is 0.0736 e. The number of anilines is 1. The van der Waals surface area contributed by atoms with Gasteiger partial charge < -0.3 is 9.64 Å². The number of rotatable bonds is 2. The van der Waals surface area contributed by atoms with Crippen molar-refractivity contribution in [3.63, 3.8) is 0 Å². The highest BCUT2D eigenvalue weighted by atomic mass is 16.5. The van der Waals surface area contributed by atoms with E-state index in [9.17, 15) is 0 Å². The van der Waals surface area contributed by atoms with Crippen molar-refractivity contribution in [2.24, 2.45) is 0 Å². The zero-order valence-corrected chi connectivity index (χ0v) is 12.6. The van der Waals surface area contributed by atoms with Crippen molar-refractivity contribution in [3.8, 4) is 0 Å². The van der Waals surface area contributed by atoms with E-state index < -0.39 is 0 Å². The Morgan fingerprint density at radius 1 is 1.10 bits per heavy atom. The maximum absolute atomic E-state index is 5.43. The van der Waals surface area contributed by atoms with Crippen LogP contribution in [0.1, 0.15) is 23.7 Å². The van der Waals surface area contributed by atoms with Crippen molar-refractivity contribution < 1.29 is 4.74 Å². The van der Waals surface area contributed by atoms with Crippen molar-refractivity contribution in [1.82, 2.24) is 4.98 Å². The van der Waals surface area contributed by atoms with Gasteiger partial charge in [0.1, 0.15) is 0 Å². The number of aryl methyl sites for hydroxylation is 3. The van der Waals surface area contributed by atoms with Crippen LogP contribution in [0.5, 0.6) is 0 Å². The minimum Gasteiger partial charge on any atom is -0.378 e. The first-order valence-corrected chi connectivity index (χ1v) is 7.42. The van der Waals surface area contributed by atoms with Gasteiger partial charge in [0, 0.05) is 29.9 Å². The summed E-state index contributed by atoms with van der Waals surface area (Å²) in [5.74, 6) is 0. The van der Waals surface area contributed by atoms with Crippen LogP contribution in [0, 0.1) is 13.8 Å². The van der Waals surface area contributed by atoms with Crippen molar-refractivity contribution in [3.05, 3.63) is 35.0 Å². The molecule has 3 heteroatoms. The van der Waals surface area contributed by atoms with Gasteiger partial charge in [-0.25, -0.2) is 0 Å². The van der Waals surface area contributed by atoms with Crippen LogP contribution in [0.15, 0.2) is 18.2 Å².